The molecule has 1 aromatic heterocycles. The van der Waals surface area contributed by atoms with Gasteiger partial charge in [0.15, 0.2) is 13.2 Å². The molecule has 0 atom stereocenters. The molecular formula is C12H15F6N4O3+. The second kappa shape index (κ2) is 7.15. The molecule has 0 N–H and O–H groups in total. The summed E-state index contributed by atoms with van der Waals surface area (Å²) >= 11 is 0. The zero-order valence-corrected chi connectivity index (χ0v) is 13.0. The van der Waals surface area contributed by atoms with Crippen LogP contribution in [-0.4, -0.2) is 73.9 Å². The van der Waals surface area contributed by atoms with Crippen molar-refractivity contribution in [3.8, 4) is 12.0 Å². The summed E-state index contributed by atoms with van der Waals surface area (Å²) in [6, 6.07) is -1.52. The summed E-state index contributed by atoms with van der Waals surface area (Å²) in [6.45, 7) is -1.97. The van der Waals surface area contributed by atoms with Crippen molar-refractivity contribution in [3.63, 3.8) is 0 Å². The molecule has 1 aliphatic heterocycles. The highest BCUT2D eigenvalue weighted by atomic mass is 19.4. The van der Waals surface area contributed by atoms with Crippen molar-refractivity contribution in [1.82, 2.24) is 19.4 Å². The van der Waals surface area contributed by atoms with Gasteiger partial charge in [0.05, 0.1) is 20.3 Å². The van der Waals surface area contributed by atoms with Crippen LogP contribution in [0, 0.1) is 0 Å². The molecule has 1 saturated heterocycles. The number of morpholine rings is 1. The van der Waals surface area contributed by atoms with Crippen molar-refractivity contribution in [2.45, 2.75) is 12.4 Å². The van der Waals surface area contributed by atoms with E-state index < -0.39 is 37.6 Å². The summed E-state index contributed by atoms with van der Waals surface area (Å²) in [6.07, 6.45) is -9.31. The van der Waals surface area contributed by atoms with Gasteiger partial charge in [0.2, 0.25) is 0 Å². The monoisotopic (exact) mass is 377 g/mol. The van der Waals surface area contributed by atoms with Gasteiger partial charge in [0.25, 0.3) is 0 Å². The molecule has 13 heteroatoms. The third kappa shape index (κ3) is 6.16. The molecular weight excluding hydrogens is 362 g/mol. The van der Waals surface area contributed by atoms with Crippen LogP contribution in [0.3, 0.4) is 0 Å². The van der Waals surface area contributed by atoms with E-state index in [-0.39, 0.29) is 10.4 Å². The maximum absolute atomic E-state index is 12.3. The van der Waals surface area contributed by atoms with Crippen LogP contribution < -0.4 is 14.0 Å². The lowest BCUT2D eigenvalue weighted by atomic mass is 10.4. The third-order valence-corrected chi connectivity index (χ3v) is 3.25. The Balaban J connectivity index is 2.27. The molecule has 0 radical (unpaired) electrons. The van der Waals surface area contributed by atoms with Crippen LogP contribution in [0.4, 0.5) is 32.3 Å². The van der Waals surface area contributed by atoms with E-state index in [2.05, 4.69) is 24.4 Å². The Morgan fingerprint density at radius 1 is 0.880 bits per heavy atom. The molecule has 0 saturated carbocycles. The zero-order chi connectivity index (χ0) is 18.7. The Bertz CT molecular complexity index is 553. The summed E-state index contributed by atoms with van der Waals surface area (Å²) in [5.41, 5.74) is 0. The first kappa shape index (κ1) is 19.4. The van der Waals surface area contributed by atoms with Crippen molar-refractivity contribution in [1.29, 1.82) is 0 Å². The average molecular weight is 377 g/mol. The van der Waals surface area contributed by atoms with Crippen LogP contribution in [0.2, 0.25) is 0 Å². The van der Waals surface area contributed by atoms with E-state index in [1.165, 1.54) is 0 Å². The minimum absolute atomic E-state index is 0.0350. The van der Waals surface area contributed by atoms with Gasteiger partial charge in [-0.1, -0.05) is 0 Å². The second-order valence-corrected chi connectivity index (χ2v) is 5.46. The number of rotatable bonds is 5. The van der Waals surface area contributed by atoms with Crippen molar-refractivity contribution < 1.29 is 40.6 Å². The molecule has 7 nitrogen and oxygen atoms in total. The molecule has 142 valence electrons. The summed E-state index contributed by atoms with van der Waals surface area (Å²) < 4.78 is 87.8. The standard InChI is InChI=1S/C12H15F6N4O3/c1-22(2-4-23-5-3-22)8-19-9(24-6-11(13,14)15)21-10(20-8)25-7-12(16,17)18/h2-7H2,1H3/q+1. The topological polar surface area (TPSA) is 66.4 Å². The molecule has 0 unspecified atom stereocenters. The average Bonchev–Trinajstić information content (AvgIpc) is 2.50. The lowest BCUT2D eigenvalue weighted by Gasteiger charge is -2.34. The molecule has 2 heterocycles. The van der Waals surface area contributed by atoms with E-state index in [1.807, 2.05) is 0 Å². The number of aromatic nitrogens is 3. The minimum Gasteiger partial charge on any atom is -0.454 e. The Labute approximate surface area is 138 Å². The first-order valence-electron chi connectivity index (χ1n) is 7.05. The molecule has 25 heavy (non-hydrogen) atoms. The van der Waals surface area contributed by atoms with Gasteiger partial charge < -0.3 is 14.2 Å². The Hall–Kier alpha value is -1.89. The van der Waals surface area contributed by atoms with Crippen molar-refractivity contribution >= 4 is 5.95 Å². The van der Waals surface area contributed by atoms with Gasteiger partial charge in [0.1, 0.15) is 13.1 Å². The molecule has 0 aliphatic carbocycles. The van der Waals surface area contributed by atoms with Gasteiger partial charge in [0, 0.05) is 0 Å². The van der Waals surface area contributed by atoms with Crippen molar-refractivity contribution in [2.75, 3.05) is 46.6 Å². The lowest BCUT2D eigenvalue weighted by molar-refractivity contribution is -0.156. The van der Waals surface area contributed by atoms with Crippen LogP contribution >= 0.6 is 0 Å². The molecule has 1 aromatic rings. The predicted octanol–water partition coefficient (Wildman–Crippen LogP) is 1.72. The van der Waals surface area contributed by atoms with Gasteiger partial charge in [-0.05, 0) is 0 Å². The number of alkyl halides is 6. The molecule has 1 fully saturated rings. The zero-order valence-electron chi connectivity index (χ0n) is 13.0. The fraction of sp³-hybridized carbons (Fsp3) is 0.750. The minimum atomic E-state index is -4.66. The van der Waals surface area contributed by atoms with E-state index in [1.54, 1.807) is 7.05 Å². The van der Waals surface area contributed by atoms with E-state index in [9.17, 15) is 26.3 Å². The highest BCUT2D eigenvalue weighted by Gasteiger charge is 2.35. The SMILES string of the molecule is C[N+]1(c2nc(OCC(F)(F)F)nc(OCC(F)(F)F)n2)CCOCC1. The normalized spacial score (nSPS) is 18.0. The number of quaternary nitrogens is 1. The van der Waals surface area contributed by atoms with Crippen molar-refractivity contribution in [3.05, 3.63) is 0 Å². The highest BCUT2D eigenvalue weighted by Crippen LogP contribution is 2.25. The summed E-state index contributed by atoms with van der Waals surface area (Å²) in [7, 11) is 1.67. The largest absolute Gasteiger partial charge is 0.454 e. The van der Waals surface area contributed by atoms with Gasteiger partial charge in [-0.3, -0.25) is 4.48 Å². The van der Waals surface area contributed by atoms with Crippen LogP contribution in [0.1, 0.15) is 0 Å². The highest BCUT2D eigenvalue weighted by molar-refractivity contribution is 5.28. The Morgan fingerprint density at radius 2 is 1.32 bits per heavy atom. The predicted molar refractivity (Wildman–Crippen MR) is 71.2 cm³/mol. The quantitative estimate of drug-likeness (QED) is 0.575. The smallest absolute Gasteiger partial charge is 0.422 e. The summed E-state index contributed by atoms with van der Waals surface area (Å²) in [5, 5.41) is 0. The van der Waals surface area contributed by atoms with Gasteiger partial charge in [-0.25, -0.2) is 0 Å². The molecule has 0 bridgehead atoms. The van der Waals surface area contributed by atoms with Crippen LogP contribution in [-0.2, 0) is 4.74 Å². The number of hydrogen-bond acceptors (Lipinski definition) is 6. The van der Waals surface area contributed by atoms with E-state index in [4.69, 9.17) is 4.74 Å². The second-order valence-electron chi connectivity index (χ2n) is 5.46. The molecule has 1 aliphatic rings. The fourth-order valence-corrected chi connectivity index (χ4v) is 1.94. The maximum atomic E-state index is 12.3. The van der Waals surface area contributed by atoms with Crippen LogP contribution in [0.5, 0.6) is 12.0 Å². The fourth-order valence-electron chi connectivity index (χ4n) is 1.94. The van der Waals surface area contributed by atoms with Gasteiger partial charge in [-0.2, -0.15) is 26.3 Å². The Morgan fingerprint density at radius 3 is 1.72 bits per heavy atom. The number of ether oxygens (including phenoxy) is 3. The number of likely N-dealkylation sites (N-methyl/N-ethyl adjacent to an activating group) is 1. The number of hydrogen-bond donors (Lipinski definition) is 0. The Kier molecular flexibility index (Phi) is 5.56. The number of nitrogens with zero attached hydrogens (tertiary/aromatic N) is 4. The van der Waals surface area contributed by atoms with E-state index in [0.717, 1.165) is 0 Å². The molecule has 2 rings (SSSR count). The van der Waals surface area contributed by atoms with Crippen LogP contribution in [0.25, 0.3) is 0 Å². The lowest BCUT2D eigenvalue weighted by Crippen LogP contribution is -2.54. The third-order valence-electron chi connectivity index (χ3n) is 3.25. The summed E-state index contributed by atoms with van der Waals surface area (Å²) in [4.78, 5) is 10.9. The first-order valence-corrected chi connectivity index (χ1v) is 7.05. The van der Waals surface area contributed by atoms with Gasteiger partial charge >= 0.3 is 30.3 Å². The molecule has 0 spiro atoms. The molecule has 0 amide bonds. The van der Waals surface area contributed by atoms with Crippen molar-refractivity contribution in [2.24, 2.45) is 0 Å². The maximum Gasteiger partial charge on any atom is 0.422 e. The first-order chi connectivity index (χ1) is 11.5. The van der Waals surface area contributed by atoms with E-state index in [0.29, 0.717) is 26.3 Å². The van der Waals surface area contributed by atoms with Gasteiger partial charge in [-0.15, -0.1) is 15.0 Å². The summed E-state index contributed by atoms with van der Waals surface area (Å²) in [5.74, 6) is -0.0624. The van der Waals surface area contributed by atoms with Crippen LogP contribution in [0.15, 0.2) is 0 Å². The van der Waals surface area contributed by atoms with E-state index >= 15 is 0 Å². The number of halogens is 6. The molecule has 0 aromatic carbocycles.